The smallest absolute Gasteiger partial charge is 0.339 e. The van der Waals surface area contributed by atoms with E-state index in [2.05, 4.69) is 4.90 Å². The number of carbonyl (C=O) groups excluding carboxylic acids is 1. The molecule has 0 bridgehead atoms. The van der Waals surface area contributed by atoms with E-state index in [-0.39, 0.29) is 23.3 Å². The highest BCUT2D eigenvalue weighted by atomic mass is 16.5. The first-order valence-electron chi connectivity index (χ1n) is 9.62. The van der Waals surface area contributed by atoms with Crippen LogP contribution in [0.3, 0.4) is 0 Å². The quantitative estimate of drug-likeness (QED) is 0.641. The fourth-order valence-electron chi connectivity index (χ4n) is 3.94. The van der Waals surface area contributed by atoms with Crippen LogP contribution in [0.4, 0.5) is 0 Å². The lowest BCUT2D eigenvalue weighted by Gasteiger charge is -2.31. The maximum atomic E-state index is 12.3. The van der Waals surface area contributed by atoms with E-state index in [0.29, 0.717) is 42.8 Å². The predicted octanol–water partition coefficient (Wildman–Crippen LogP) is 3.14. The summed E-state index contributed by atoms with van der Waals surface area (Å²) in [4.78, 5) is 26.5. The minimum Gasteiger partial charge on any atom is -0.507 e. The molecule has 1 N–H and O–H groups in total. The van der Waals surface area contributed by atoms with Gasteiger partial charge in [0.25, 0.3) is 0 Å². The third kappa shape index (κ3) is 3.86. The van der Waals surface area contributed by atoms with Gasteiger partial charge in [0.05, 0.1) is 18.1 Å². The summed E-state index contributed by atoms with van der Waals surface area (Å²) >= 11 is 0. The normalized spacial score (nSPS) is 18.0. The van der Waals surface area contributed by atoms with E-state index >= 15 is 0 Å². The number of hydrogen-bond donors (Lipinski definition) is 1. The zero-order chi connectivity index (χ0) is 19.6. The molecule has 1 aliphatic heterocycles. The van der Waals surface area contributed by atoms with E-state index in [1.165, 1.54) is 0 Å². The fraction of sp³-hybridized carbons (Fsp3) is 0.524. The van der Waals surface area contributed by atoms with Crippen LogP contribution in [0.15, 0.2) is 21.3 Å². The summed E-state index contributed by atoms with van der Waals surface area (Å²) in [5.74, 6) is -0.219. The van der Waals surface area contributed by atoms with Crippen LogP contribution in [-0.4, -0.2) is 35.7 Å². The van der Waals surface area contributed by atoms with Gasteiger partial charge in [-0.05, 0) is 57.4 Å². The summed E-state index contributed by atoms with van der Waals surface area (Å²) in [6.07, 6.45) is 2.30. The second-order valence-electron chi connectivity index (χ2n) is 7.11. The molecule has 0 aliphatic carbocycles. The first kappa shape index (κ1) is 19.4. The molecule has 1 aromatic carbocycles. The maximum absolute atomic E-state index is 12.3. The van der Waals surface area contributed by atoms with Crippen LogP contribution in [0.5, 0.6) is 5.75 Å². The van der Waals surface area contributed by atoms with Crippen molar-refractivity contribution in [2.75, 3.05) is 19.7 Å². The van der Waals surface area contributed by atoms with Gasteiger partial charge in [-0.2, -0.15) is 0 Å². The molecule has 1 aromatic heterocycles. The van der Waals surface area contributed by atoms with Crippen LogP contribution >= 0.6 is 0 Å². The Morgan fingerprint density at radius 2 is 2.11 bits per heavy atom. The van der Waals surface area contributed by atoms with Crippen molar-refractivity contribution in [3.05, 3.63) is 39.2 Å². The van der Waals surface area contributed by atoms with E-state index in [1.807, 2.05) is 20.8 Å². The van der Waals surface area contributed by atoms with Gasteiger partial charge in [0.1, 0.15) is 11.3 Å². The molecule has 1 atom stereocenters. The van der Waals surface area contributed by atoms with Crippen molar-refractivity contribution >= 4 is 16.9 Å². The number of aryl methyl sites for hydroxylation is 1. The lowest BCUT2D eigenvalue weighted by molar-refractivity contribution is -0.150. The molecule has 0 spiro atoms. The number of benzene rings is 1. The van der Waals surface area contributed by atoms with Gasteiger partial charge in [-0.15, -0.1) is 0 Å². The van der Waals surface area contributed by atoms with Crippen LogP contribution in [0.2, 0.25) is 0 Å². The standard InChI is InChI=1S/C21H27NO5/c1-4-15-13(3)16-8-9-18(23)17(19(16)27-21(15)25)12-22-10-6-7-14(11-22)20(24)26-5-2/h8-9,14,23H,4-7,10-12H2,1-3H3/t14-/m0/s1. The molecule has 1 saturated heterocycles. The second kappa shape index (κ2) is 8.13. The Balaban J connectivity index is 1.93. The van der Waals surface area contributed by atoms with Crippen molar-refractivity contribution in [2.24, 2.45) is 5.92 Å². The van der Waals surface area contributed by atoms with Gasteiger partial charge in [-0.3, -0.25) is 9.69 Å². The third-order valence-corrected chi connectivity index (χ3v) is 5.39. The lowest BCUT2D eigenvalue weighted by Crippen LogP contribution is -2.39. The van der Waals surface area contributed by atoms with E-state index in [1.54, 1.807) is 12.1 Å². The van der Waals surface area contributed by atoms with Gasteiger partial charge >= 0.3 is 11.6 Å². The molecule has 2 heterocycles. The SMILES string of the molecule is CCOC(=O)[C@H]1CCCN(Cc2c(O)ccc3c(C)c(CC)c(=O)oc23)C1. The van der Waals surface area contributed by atoms with Crippen LogP contribution in [0.25, 0.3) is 11.0 Å². The average molecular weight is 373 g/mol. The molecule has 3 rings (SSSR count). The molecule has 0 unspecified atom stereocenters. The first-order chi connectivity index (χ1) is 13.0. The van der Waals surface area contributed by atoms with Gasteiger partial charge in [0, 0.05) is 24.0 Å². The number of esters is 1. The number of fused-ring (bicyclic) bond motifs is 1. The van der Waals surface area contributed by atoms with Crippen LogP contribution in [-0.2, 0) is 22.5 Å². The highest BCUT2D eigenvalue weighted by molar-refractivity contribution is 5.85. The molecule has 2 aromatic rings. The van der Waals surface area contributed by atoms with Crippen molar-refractivity contribution in [3.63, 3.8) is 0 Å². The number of phenols is 1. The fourth-order valence-corrected chi connectivity index (χ4v) is 3.94. The van der Waals surface area contributed by atoms with E-state index in [4.69, 9.17) is 9.15 Å². The molecule has 27 heavy (non-hydrogen) atoms. The van der Waals surface area contributed by atoms with Gasteiger partial charge < -0.3 is 14.3 Å². The number of piperidine rings is 1. The monoisotopic (exact) mass is 373 g/mol. The van der Waals surface area contributed by atoms with Crippen molar-refractivity contribution in [3.8, 4) is 5.75 Å². The molecule has 6 nitrogen and oxygen atoms in total. The molecule has 0 radical (unpaired) electrons. The zero-order valence-electron chi connectivity index (χ0n) is 16.2. The predicted molar refractivity (Wildman–Crippen MR) is 103 cm³/mol. The van der Waals surface area contributed by atoms with E-state index in [9.17, 15) is 14.7 Å². The molecular weight excluding hydrogens is 346 g/mol. The average Bonchev–Trinajstić information content (AvgIpc) is 2.65. The molecular formula is C21H27NO5. The summed E-state index contributed by atoms with van der Waals surface area (Å²) in [5, 5.41) is 11.3. The number of nitrogens with zero attached hydrogens (tertiary/aromatic N) is 1. The number of aromatic hydroxyl groups is 1. The van der Waals surface area contributed by atoms with Crippen molar-refractivity contribution < 1.29 is 19.1 Å². The number of carbonyl (C=O) groups is 1. The number of rotatable bonds is 5. The van der Waals surface area contributed by atoms with Gasteiger partial charge in [-0.25, -0.2) is 4.79 Å². The number of phenolic OH excluding ortho intramolecular Hbond substituents is 1. The summed E-state index contributed by atoms with van der Waals surface area (Å²) < 4.78 is 10.8. The van der Waals surface area contributed by atoms with Crippen molar-refractivity contribution in [1.82, 2.24) is 4.90 Å². The number of ether oxygens (including phenoxy) is 1. The zero-order valence-corrected chi connectivity index (χ0v) is 16.2. The van der Waals surface area contributed by atoms with Crippen molar-refractivity contribution in [1.29, 1.82) is 0 Å². The van der Waals surface area contributed by atoms with Gasteiger partial charge in [0.2, 0.25) is 0 Å². The molecule has 1 aliphatic rings. The van der Waals surface area contributed by atoms with Gasteiger partial charge in [-0.1, -0.05) is 6.92 Å². The largest absolute Gasteiger partial charge is 0.507 e. The number of hydrogen-bond acceptors (Lipinski definition) is 6. The first-order valence-corrected chi connectivity index (χ1v) is 9.62. The molecule has 0 amide bonds. The lowest BCUT2D eigenvalue weighted by atomic mass is 9.96. The maximum Gasteiger partial charge on any atom is 0.339 e. The number of likely N-dealkylation sites (tertiary alicyclic amines) is 1. The minimum absolute atomic E-state index is 0.104. The van der Waals surface area contributed by atoms with Crippen LogP contribution in [0.1, 0.15) is 43.4 Å². The Kier molecular flexibility index (Phi) is 5.85. The summed E-state index contributed by atoms with van der Waals surface area (Å²) in [6.45, 7) is 7.84. The summed E-state index contributed by atoms with van der Waals surface area (Å²) in [7, 11) is 0. The van der Waals surface area contributed by atoms with E-state index in [0.717, 1.165) is 30.3 Å². The summed E-state index contributed by atoms with van der Waals surface area (Å²) in [6, 6.07) is 3.44. The summed E-state index contributed by atoms with van der Waals surface area (Å²) in [5.41, 5.74) is 2.25. The Bertz CT molecular complexity index is 902. The molecule has 1 fully saturated rings. The third-order valence-electron chi connectivity index (χ3n) is 5.39. The van der Waals surface area contributed by atoms with Crippen molar-refractivity contribution in [2.45, 2.75) is 46.6 Å². The second-order valence-corrected chi connectivity index (χ2v) is 7.11. The molecule has 6 heteroatoms. The minimum atomic E-state index is -0.350. The Hall–Kier alpha value is -2.34. The molecule has 0 saturated carbocycles. The highest BCUT2D eigenvalue weighted by Crippen LogP contribution is 2.31. The Morgan fingerprint density at radius 1 is 1.33 bits per heavy atom. The topological polar surface area (TPSA) is 80.0 Å². The molecule has 146 valence electrons. The van der Waals surface area contributed by atoms with Crippen LogP contribution < -0.4 is 5.63 Å². The Labute approximate surface area is 158 Å². The van der Waals surface area contributed by atoms with E-state index < -0.39 is 0 Å². The van der Waals surface area contributed by atoms with Crippen LogP contribution in [0, 0.1) is 12.8 Å². The highest BCUT2D eigenvalue weighted by Gasteiger charge is 2.28. The Morgan fingerprint density at radius 3 is 2.81 bits per heavy atom. The van der Waals surface area contributed by atoms with Gasteiger partial charge in [0.15, 0.2) is 0 Å².